The molecule has 0 aliphatic carbocycles. The van der Waals surface area contributed by atoms with Crippen LogP contribution in [0.3, 0.4) is 0 Å². The number of fused-ring (bicyclic) bond motifs is 1. The van der Waals surface area contributed by atoms with Gasteiger partial charge < -0.3 is 18.8 Å². The lowest BCUT2D eigenvalue weighted by Gasteiger charge is -2.23. The maximum Gasteiger partial charge on any atom is 0.416 e. The largest absolute Gasteiger partial charge is 0.486 e. The second-order valence-corrected chi connectivity index (χ2v) is 8.16. The predicted molar refractivity (Wildman–Crippen MR) is 115 cm³/mol. The van der Waals surface area contributed by atoms with Gasteiger partial charge in [-0.2, -0.15) is 13.2 Å². The van der Waals surface area contributed by atoms with Crippen LogP contribution >= 0.6 is 0 Å². The highest BCUT2D eigenvalue weighted by atomic mass is 19.4. The Kier molecular flexibility index (Phi) is 5.43. The zero-order valence-electron chi connectivity index (χ0n) is 18.1. The summed E-state index contributed by atoms with van der Waals surface area (Å²) in [6, 6.07) is 11.7. The van der Waals surface area contributed by atoms with Crippen molar-refractivity contribution in [3.05, 3.63) is 71.7 Å². The Balaban J connectivity index is 1.51. The van der Waals surface area contributed by atoms with Gasteiger partial charge in [-0.1, -0.05) is 0 Å². The zero-order chi connectivity index (χ0) is 24.0. The van der Waals surface area contributed by atoms with E-state index in [4.69, 9.17) is 9.15 Å². The van der Waals surface area contributed by atoms with Crippen LogP contribution < -0.4 is 4.74 Å². The van der Waals surface area contributed by atoms with E-state index in [2.05, 4.69) is 4.98 Å². The second kappa shape index (κ2) is 7.99. The Labute approximate surface area is 187 Å². The van der Waals surface area contributed by atoms with E-state index in [-0.39, 0.29) is 12.5 Å². The van der Waals surface area contributed by atoms with E-state index < -0.39 is 23.2 Å². The van der Waals surface area contributed by atoms with Crippen LogP contribution in [0.1, 0.15) is 30.9 Å². The average Bonchev–Trinajstić information content (AvgIpc) is 3.35. The van der Waals surface area contributed by atoms with Crippen molar-refractivity contribution in [2.45, 2.75) is 39.1 Å². The molecule has 2 heterocycles. The Bertz CT molecular complexity index is 1320. The summed E-state index contributed by atoms with van der Waals surface area (Å²) in [5.41, 5.74) is -0.0822. The van der Waals surface area contributed by atoms with Crippen molar-refractivity contribution in [1.29, 1.82) is 0 Å². The number of nitrogens with zero attached hydrogens (tertiary/aromatic N) is 2. The number of aliphatic carboxylic acids is 1. The maximum absolute atomic E-state index is 12.8. The molecule has 33 heavy (non-hydrogen) atoms. The highest BCUT2D eigenvalue weighted by molar-refractivity contribution is 5.85. The third kappa shape index (κ3) is 4.30. The van der Waals surface area contributed by atoms with E-state index in [1.54, 1.807) is 49.7 Å². The number of rotatable bonds is 6. The van der Waals surface area contributed by atoms with Gasteiger partial charge in [-0.15, -0.1) is 0 Å². The molecule has 1 N–H and O–H groups in total. The van der Waals surface area contributed by atoms with Gasteiger partial charge in [0.25, 0.3) is 0 Å². The Morgan fingerprint density at radius 3 is 2.45 bits per heavy atom. The molecule has 0 saturated carbocycles. The van der Waals surface area contributed by atoms with Crippen molar-refractivity contribution < 1.29 is 32.2 Å². The smallest absolute Gasteiger partial charge is 0.416 e. The minimum atomic E-state index is -4.41. The number of halogens is 3. The normalized spacial score (nSPS) is 12.3. The summed E-state index contributed by atoms with van der Waals surface area (Å²) in [7, 11) is 0. The number of alkyl halides is 3. The van der Waals surface area contributed by atoms with E-state index in [0.29, 0.717) is 22.8 Å². The summed E-state index contributed by atoms with van der Waals surface area (Å²) in [4.78, 5) is 15.9. The monoisotopic (exact) mass is 458 g/mol. The SMILES string of the molecule is Cc1nc(-c2ccc(C(F)(F)F)cc2)oc1COc1ccc2c(ccn2C(C)(C)C(=O)O)c1. The van der Waals surface area contributed by atoms with Crippen molar-refractivity contribution in [3.63, 3.8) is 0 Å². The van der Waals surface area contributed by atoms with Crippen LogP contribution in [0, 0.1) is 6.92 Å². The standard InChI is InChI=1S/C24H21F3N2O4/c1-14-20(33-21(28-14)15-4-6-17(7-5-15)24(25,26)27)13-32-18-8-9-19-16(12-18)10-11-29(19)23(2,3)22(30)31/h4-12H,13H2,1-3H3,(H,30,31). The number of hydrogen-bond donors (Lipinski definition) is 1. The first-order valence-electron chi connectivity index (χ1n) is 10.1. The molecule has 0 unspecified atom stereocenters. The van der Waals surface area contributed by atoms with Gasteiger partial charge in [-0.3, -0.25) is 0 Å². The highest BCUT2D eigenvalue weighted by Crippen LogP contribution is 2.32. The lowest BCUT2D eigenvalue weighted by Crippen LogP contribution is -2.34. The number of carboxylic acids is 1. The number of aryl methyl sites for hydroxylation is 1. The molecule has 0 fully saturated rings. The summed E-state index contributed by atoms with van der Waals surface area (Å²) in [6.45, 7) is 5.06. The summed E-state index contributed by atoms with van der Waals surface area (Å²) in [5, 5.41) is 10.3. The second-order valence-electron chi connectivity index (χ2n) is 8.16. The van der Waals surface area contributed by atoms with Gasteiger partial charge in [0.15, 0.2) is 5.76 Å². The van der Waals surface area contributed by atoms with Gasteiger partial charge in [0.05, 0.1) is 11.3 Å². The Hall–Kier alpha value is -3.75. The minimum Gasteiger partial charge on any atom is -0.486 e. The van der Waals surface area contributed by atoms with Gasteiger partial charge in [0.2, 0.25) is 5.89 Å². The lowest BCUT2D eigenvalue weighted by atomic mass is 10.1. The zero-order valence-corrected chi connectivity index (χ0v) is 18.1. The van der Waals surface area contributed by atoms with E-state index >= 15 is 0 Å². The van der Waals surface area contributed by atoms with Crippen molar-refractivity contribution in [3.8, 4) is 17.2 Å². The molecule has 0 aliphatic heterocycles. The first kappa shape index (κ1) is 22.4. The number of carbonyl (C=O) groups is 1. The third-order valence-corrected chi connectivity index (χ3v) is 5.51. The number of benzene rings is 2. The molecule has 0 atom stereocenters. The van der Waals surface area contributed by atoms with Crippen molar-refractivity contribution in [2.75, 3.05) is 0 Å². The molecular formula is C24H21F3N2O4. The van der Waals surface area contributed by atoms with Crippen LogP contribution in [-0.4, -0.2) is 20.6 Å². The van der Waals surface area contributed by atoms with Crippen molar-refractivity contribution in [1.82, 2.24) is 9.55 Å². The molecule has 0 radical (unpaired) electrons. The van der Waals surface area contributed by atoms with Gasteiger partial charge >= 0.3 is 12.1 Å². The first-order valence-corrected chi connectivity index (χ1v) is 10.1. The number of oxazole rings is 1. The predicted octanol–water partition coefficient (Wildman–Crippen LogP) is 6.02. The third-order valence-electron chi connectivity index (χ3n) is 5.51. The average molecular weight is 458 g/mol. The Morgan fingerprint density at radius 2 is 1.82 bits per heavy atom. The molecule has 0 aliphatic rings. The molecule has 2 aromatic carbocycles. The molecule has 0 bridgehead atoms. The number of carboxylic acid groups (broad SMARTS) is 1. The van der Waals surface area contributed by atoms with Crippen LogP contribution in [-0.2, 0) is 23.1 Å². The first-order chi connectivity index (χ1) is 15.5. The van der Waals surface area contributed by atoms with Crippen molar-refractivity contribution >= 4 is 16.9 Å². The van der Waals surface area contributed by atoms with Gasteiger partial charge in [-0.05, 0) is 69.3 Å². The summed E-state index contributed by atoms with van der Waals surface area (Å²) in [5.74, 6) is 0.281. The summed E-state index contributed by atoms with van der Waals surface area (Å²) >= 11 is 0. The Morgan fingerprint density at radius 1 is 1.12 bits per heavy atom. The minimum absolute atomic E-state index is 0.0757. The van der Waals surface area contributed by atoms with Crippen LogP contribution in [0.25, 0.3) is 22.4 Å². The van der Waals surface area contributed by atoms with E-state index in [1.807, 2.05) is 6.07 Å². The van der Waals surface area contributed by atoms with Crippen LogP contribution in [0.15, 0.2) is 59.1 Å². The van der Waals surface area contributed by atoms with Crippen LogP contribution in [0.4, 0.5) is 13.2 Å². The quantitative estimate of drug-likeness (QED) is 0.382. The van der Waals surface area contributed by atoms with Gasteiger partial charge in [0, 0.05) is 22.7 Å². The van der Waals surface area contributed by atoms with Crippen LogP contribution in [0.2, 0.25) is 0 Å². The molecular weight excluding hydrogens is 437 g/mol. The summed E-state index contributed by atoms with van der Waals surface area (Å²) < 4.78 is 51.5. The van der Waals surface area contributed by atoms with Gasteiger partial charge in [0.1, 0.15) is 17.9 Å². The molecule has 0 spiro atoms. The van der Waals surface area contributed by atoms with E-state index in [0.717, 1.165) is 23.0 Å². The fraction of sp³-hybridized carbons (Fsp3) is 0.250. The summed E-state index contributed by atoms with van der Waals surface area (Å²) in [6.07, 6.45) is -2.69. The fourth-order valence-corrected chi connectivity index (χ4v) is 3.44. The van der Waals surface area contributed by atoms with Gasteiger partial charge in [-0.25, -0.2) is 9.78 Å². The van der Waals surface area contributed by atoms with Crippen LogP contribution in [0.5, 0.6) is 5.75 Å². The lowest BCUT2D eigenvalue weighted by molar-refractivity contribution is -0.145. The molecule has 0 saturated heterocycles. The topological polar surface area (TPSA) is 77.5 Å². The molecule has 4 aromatic rings. The molecule has 6 nitrogen and oxygen atoms in total. The fourth-order valence-electron chi connectivity index (χ4n) is 3.44. The molecule has 0 amide bonds. The molecule has 4 rings (SSSR count). The van der Waals surface area contributed by atoms with E-state index in [9.17, 15) is 23.1 Å². The molecule has 172 valence electrons. The number of hydrogen-bond acceptors (Lipinski definition) is 4. The highest BCUT2D eigenvalue weighted by Gasteiger charge is 2.31. The van der Waals surface area contributed by atoms with E-state index in [1.165, 1.54) is 12.1 Å². The molecule has 9 heteroatoms. The molecule has 2 aromatic heterocycles. The maximum atomic E-state index is 12.8. The van der Waals surface area contributed by atoms with Crippen molar-refractivity contribution in [2.24, 2.45) is 0 Å². The number of ether oxygens (including phenoxy) is 1. The number of aromatic nitrogens is 2.